The molecule has 0 amide bonds. The van der Waals surface area contributed by atoms with Crippen LogP contribution in [0.1, 0.15) is 5.56 Å². The number of rotatable bonds is 3. The van der Waals surface area contributed by atoms with E-state index >= 15 is 0 Å². The van der Waals surface area contributed by atoms with Gasteiger partial charge in [-0.2, -0.15) is 5.26 Å². The first-order chi connectivity index (χ1) is 8.95. The normalized spacial score (nSPS) is 24.7. The van der Waals surface area contributed by atoms with Crippen LogP contribution in [-0.4, -0.2) is 39.2 Å². The van der Waals surface area contributed by atoms with Gasteiger partial charge < -0.3 is 15.2 Å². The molecule has 0 aromatic heterocycles. The maximum absolute atomic E-state index is 11.5. The minimum atomic E-state index is -3.16. The highest BCUT2D eigenvalue weighted by atomic mass is 32.2. The molecule has 6 nitrogen and oxygen atoms in total. The lowest BCUT2D eigenvalue weighted by Crippen LogP contribution is -2.37. The summed E-state index contributed by atoms with van der Waals surface area (Å²) in [5.74, 6) is 0.570. The summed E-state index contributed by atoms with van der Waals surface area (Å²) in [6.07, 6.45) is -0.618. The van der Waals surface area contributed by atoms with Crippen molar-refractivity contribution in [2.75, 3.05) is 18.6 Å². The Hall–Kier alpha value is -1.78. The van der Waals surface area contributed by atoms with Crippen molar-refractivity contribution < 1.29 is 17.9 Å². The third-order valence-electron chi connectivity index (χ3n) is 2.91. The van der Waals surface area contributed by atoms with Gasteiger partial charge in [-0.05, 0) is 12.1 Å². The highest BCUT2D eigenvalue weighted by molar-refractivity contribution is 7.91. The Bertz CT molecular complexity index is 621. The molecule has 1 aliphatic heterocycles. The van der Waals surface area contributed by atoms with Gasteiger partial charge in [-0.15, -0.1) is 0 Å². The molecule has 1 aromatic rings. The predicted molar refractivity (Wildman–Crippen MR) is 68.8 cm³/mol. The average Bonchev–Trinajstić information content (AvgIpc) is 2.62. The molecule has 102 valence electrons. The Balaban J connectivity index is 2.26. The third kappa shape index (κ3) is 2.97. The van der Waals surface area contributed by atoms with Crippen LogP contribution in [0.2, 0.25) is 0 Å². The van der Waals surface area contributed by atoms with Crippen molar-refractivity contribution in [3.05, 3.63) is 23.8 Å². The lowest BCUT2D eigenvalue weighted by molar-refractivity contribution is 0.200. The van der Waals surface area contributed by atoms with Gasteiger partial charge in [0, 0.05) is 6.07 Å². The molecule has 1 heterocycles. The van der Waals surface area contributed by atoms with Gasteiger partial charge in [-0.3, -0.25) is 0 Å². The molecule has 7 heteroatoms. The van der Waals surface area contributed by atoms with E-state index in [1.54, 1.807) is 12.1 Å². The first kappa shape index (κ1) is 13.6. The van der Waals surface area contributed by atoms with Gasteiger partial charge in [0.25, 0.3) is 0 Å². The number of benzene rings is 1. The second-order valence-corrected chi connectivity index (χ2v) is 6.53. The summed E-state index contributed by atoms with van der Waals surface area (Å²) >= 11 is 0. The molecule has 1 aliphatic rings. The van der Waals surface area contributed by atoms with E-state index in [4.69, 9.17) is 20.5 Å². The molecule has 1 fully saturated rings. The van der Waals surface area contributed by atoms with Crippen LogP contribution in [-0.2, 0) is 9.84 Å². The second-order valence-electron chi connectivity index (χ2n) is 4.37. The molecule has 0 spiro atoms. The summed E-state index contributed by atoms with van der Waals surface area (Å²) in [5.41, 5.74) is 6.16. The van der Waals surface area contributed by atoms with Gasteiger partial charge in [-0.25, -0.2) is 8.42 Å². The molecule has 19 heavy (non-hydrogen) atoms. The Morgan fingerprint density at radius 3 is 2.63 bits per heavy atom. The first-order valence-corrected chi connectivity index (χ1v) is 7.48. The Morgan fingerprint density at radius 2 is 2.11 bits per heavy atom. The van der Waals surface area contributed by atoms with Crippen molar-refractivity contribution in [1.82, 2.24) is 0 Å². The van der Waals surface area contributed by atoms with Gasteiger partial charge in [0.15, 0.2) is 21.3 Å². The Kier molecular flexibility index (Phi) is 3.64. The predicted octanol–water partition coefficient (Wildman–Crippen LogP) is 0.0700. The highest BCUT2D eigenvalue weighted by Crippen LogP contribution is 2.30. The van der Waals surface area contributed by atoms with E-state index in [2.05, 4.69) is 0 Å². The van der Waals surface area contributed by atoms with E-state index < -0.39 is 22.0 Å². The lowest BCUT2D eigenvalue weighted by Gasteiger charge is -2.18. The highest BCUT2D eigenvalue weighted by Gasteiger charge is 2.37. The zero-order chi connectivity index (χ0) is 14.0. The SMILES string of the molecule is COc1ccc(C#N)cc1OC1CS(=O)(=O)CC1N. The van der Waals surface area contributed by atoms with Crippen LogP contribution in [0.3, 0.4) is 0 Å². The number of nitrogens with zero attached hydrogens (tertiary/aromatic N) is 1. The molecule has 2 unspecified atom stereocenters. The molecule has 2 atom stereocenters. The van der Waals surface area contributed by atoms with Gasteiger partial charge in [0.05, 0.1) is 36.3 Å². The van der Waals surface area contributed by atoms with Crippen molar-refractivity contribution in [3.8, 4) is 17.6 Å². The maximum Gasteiger partial charge on any atom is 0.163 e. The van der Waals surface area contributed by atoms with Crippen molar-refractivity contribution in [2.24, 2.45) is 5.73 Å². The monoisotopic (exact) mass is 282 g/mol. The van der Waals surface area contributed by atoms with E-state index in [1.807, 2.05) is 6.07 Å². The Labute approximate surface area is 111 Å². The molecule has 1 saturated heterocycles. The topological polar surface area (TPSA) is 102 Å². The number of hydrogen-bond acceptors (Lipinski definition) is 6. The van der Waals surface area contributed by atoms with E-state index in [0.29, 0.717) is 17.1 Å². The number of sulfone groups is 1. The minimum Gasteiger partial charge on any atom is -0.493 e. The quantitative estimate of drug-likeness (QED) is 0.841. The van der Waals surface area contributed by atoms with E-state index in [1.165, 1.54) is 13.2 Å². The smallest absolute Gasteiger partial charge is 0.163 e. The van der Waals surface area contributed by atoms with Gasteiger partial charge in [0.2, 0.25) is 0 Å². The van der Waals surface area contributed by atoms with Crippen molar-refractivity contribution in [3.63, 3.8) is 0 Å². The fourth-order valence-corrected chi connectivity index (χ4v) is 3.72. The number of hydrogen-bond donors (Lipinski definition) is 1. The number of nitrogens with two attached hydrogens (primary N) is 1. The number of nitriles is 1. The van der Waals surface area contributed by atoms with Crippen LogP contribution in [0.25, 0.3) is 0 Å². The summed E-state index contributed by atoms with van der Waals surface area (Å²) in [4.78, 5) is 0. The second kappa shape index (κ2) is 5.07. The average molecular weight is 282 g/mol. The summed E-state index contributed by atoms with van der Waals surface area (Å²) in [6.45, 7) is 0. The molecule has 2 N–H and O–H groups in total. The molecule has 0 bridgehead atoms. The van der Waals surface area contributed by atoms with Crippen molar-refractivity contribution in [1.29, 1.82) is 5.26 Å². The lowest BCUT2D eigenvalue weighted by atomic mass is 10.2. The maximum atomic E-state index is 11.5. The van der Waals surface area contributed by atoms with E-state index in [9.17, 15) is 8.42 Å². The largest absolute Gasteiger partial charge is 0.493 e. The molecular weight excluding hydrogens is 268 g/mol. The van der Waals surface area contributed by atoms with Gasteiger partial charge in [0.1, 0.15) is 6.10 Å². The molecule has 0 aliphatic carbocycles. The summed E-state index contributed by atoms with van der Waals surface area (Å²) in [7, 11) is -1.68. The fraction of sp³-hybridized carbons (Fsp3) is 0.417. The van der Waals surface area contributed by atoms with E-state index in [-0.39, 0.29) is 11.5 Å². The Morgan fingerprint density at radius 1 is 1.37 bits per heavy atom. The van der Waals surface area contributed by atoms with Crippen molar-refractivity contribution in [2.45, 2.75) is 12.1 Å². The summed E-state index contributed by atoms with van der Waals surface area (Å²) < 4.78 is 33.7. The summed E-state index contributed by atoms with van der Waals surface area (Å²) in [6, 6.07) is 6.12. The molecule has 0 radical (unpaired) electrons. The third-order valence-corrected chi connectivity index (χ3v) is 4.64. The molecular formula is C12H14N2O4S. The van der Waals surface area contributed by atoms with Gasteiger partial charge in [-0.1, -0.05) is 0 Å². The van der Waals surface area contributed by atoms with Crippen LogP contribution in [0.15, 0.2) is 18.2 Å². The minimum absolute atomic E-state index is 0.0854. The molecule has 2 rings (SSSR count). The van der Waals surface area contributed by atoms with Crippen molar-refractivity contribution >= 4 is 9.84 Å². The first-order valence-electron chi connectivity index (χ1n) is 5.66. The standard InChI is InChI=1S/C12H14N2O4S/c1-17-10-3-2-8(5-13)4-11(10)18-12-7-19(15,16)6-9(12)14/h2-4,9,12H,6-7,14H2,1H3. The van der Waals surface area contributed by atoms with E-state index in [0.717, 1.165) is 0 Å². The fourth-order valence-electron chi connectivity index (χ4n) is 1.97. The summed E-state index contributed by atoms with van der Waals surface area (Å²) in [5, 5.41) is 8.85. The van der Waals surface area contributed by atoms with Crippen LogP contribution in [0.4, 0.5) is 0 Å². The zero-order valence-electron chi connectivity index (χ0n) is 10.4. The van der Waals surface area contributed by atoms with Crippen LogP contribution in [0.5, 0.6) is 11.5 Å². The molecule has 1 aromatic carbocycles. The van der Waals surface area contributed by atoms with Crippen LogP contribution >= 0.6 is 0 Å². The van der Waals surface area contributed by atoms with Crippen LogP contribution in [0, 0.1) is 11.3 Å². The number of ether oxygens (including phenoxy) is 2. The molecule has 0 saturated carbocycles. The zero-order valence-corrected chi connectivity index (χ0v) is 11.2. The van der Waals surface area contributed by atoms with Crippen LogP contribution < -0.4 is 15.2 Å². The van der Waals surface area contributed by atoms with Gasteiger partial charge >= 0.3 is 0 Å². The number of methoxy groups -OCH3 is 1.